The summed E-state index contributed by atoms with van der Waals surface area (Å²) < 4.78 is 0. The number of carbonyl (C=O) groups is 2. The molecule has 4 nitrogen and oxygen atoms in total. The molecule has 1 heterocycles. The summed E-state index contributed by atoms with van der Waals surface area (Å²) in [4.78, 5) is 26.5. The summed E-state index contributed by atoms with van der Waals surface area (Å²) in [7, 11) is 0. The van der Waals surface area contributed by atoms with E-state index in [1.807, 2.05) is 37.4 Å². The molecule has 0 bridgehead atoms. The zero-order valence-corrected chi connectivity index (χ0v) is 11.9. The summed E-state index contributed by atoms with van der Waals surface area (Å²) in [6.07, 6.45) is 3.35. The van der Waals surface area contributed by atoms with E-state index in [1.165, 1.54) is 0 Å². The topological polar surface area (TPSA) is 62.0 Å². The third-order valence-electron chi connectivity index (χ3n) is 3.64. The summed E-state index contributed by atoms with van der Waals surface area (Å²) in [5, 5.41) is 3.86. The van der Waals surface area contributed by atoms with Crippen LogP contribution in [0.5, 0.6) is 0 Å². The third kappa shape index (κ3) is 3.07. The van der Waals surface area contributed by atoms with Gasteiger partial charge in [-0.3, -0.25) is 9.59 Å². The lowest BCUT2D eigenvalue weighted by Gasteiger charge is -2.07. The van der Waals surface area contributed by atoms with Crippen molar-refractivity contribution < 1.29 is 9.59 Å². The normalized spacial score (nSPS) is 12.3. The molecule has 2 aromatic rings. The number of carbonyl (C=O) groups excluding carboxylic acids is 2. The molecule has 0 spiro atoms. The van der Waals surface area contributed by atoms with Gasteiger partial charge in [-0.05, 0) is 24.5 Å². The third-order valence-corrected chi connectivity index (χ3v) is 3.64. The Morgan fingerprint density at radius 2 is 2.05 bits per heavy atom. The maximum Gasteiger partial charge on any atom is 0.287 e. The first-order valence-electron chi connectivity index (χ1n) is 7.00. The lowest BCUT2D eigenvalue weighted by molar-refractivity contribution is -0.140. The van der Waals surface area contributed by atoms with Gasteiger partial charge in [0.2, 0.25) is 5.78 Å². The summed E-state index contributed by atoms with van der Waals surface area (Å²) in [6.45, 7) is 4.16. The highest BCUT2D eigenvalue weighted by molar-refractivity contribution is 6.36. The molecule has 0 radical (unpaired) electrons. The summed E-state index contributed by atoms with van der Waals surface area (Å²) >= 11 is 0. The fraction of sp³-hybridized carbons (Fsp3) is 0.375. The van der Waals surface area contributed by atoms with Crippen molar-refractivity contribution in [3.05, 3.63) is 36.0 Å². The van der Waals surface area contributed by atoms with E-state index < -0.39 is 5.91 Å². The lowest BCUT2D eigenvalue weighted by Crippen LogP contribution is -2.35. The highest BCUT2D eigenvalue weighted by Crippen LogP contribution is 2.17. The van der Waals surface area contributed by atoms with E-state index in [9.17, 15) is 9.59 Å². The van der Waals surface area contributed by atoms with Crippen LogP contribution in [0.2, 0.25) is 0 Å². The Balaban J connectivity index is 1.90. The molecule has 0 aliphatic heterocycles. The van der Waals surface area contributed by atoms with Gasteiger partial charge in [-0.15, -0.1) is 0 Å². The molecule has 106 valence electrons. The number of fused-ring (bicyclic) bond motifs is 1. The number of H-pyrrole nitrogens is 1. The Bertz CT molecular complexity index is 616. The average molecular weight is 272 g/mol. The van der Waals surface area contributed by atoms with Gasteiger partial charge >= 0.3 is 0 Å². The van der Waals surface area contributed by atoms with E-state index >= 15 is 0 Å². The van der Waals surface area contributed by atoms with E-state index in [-0.39, 0.29) is 11.7 Å². The van der Waals surface area contributed by atoms with Crippen LogP contribution in [0.1, 0.15) is 25.8 Å². The van der Waals surface area contributed by atoms with Gasteiger partial charge < -0.3 is 10.3 Å². The Labute approximate surface area is 118 Å². The number of para-hydroxylation sites is 1. The molecule has 0 saturated carbocycles. The van der Waals surface area contributed by atoms with Crippen LogP contribution in [0.3, 0.4) is 0 Å². The molecule has 4 heteroatoms. The minimum Gasteiger partial charge on any atom is -0.361 e. The predicted octanol–water partition coefficient (Wildman–Crippen LogP) is 2.44. The van der Waals surface area contributed by atoms with E-state index in [2.05, 4.69) is 10.3 Å². The Morgan fingerprint density at radius 1 is 1.30 bits per heavy atom. The van der Waals surface area contributed by atoms with Crippen molar-refractivity contribution in [3.63, 3.8) is 0 Å². The van der Waals surface area contributed by atoms with Crippen LogP contribution in [0.15, 0.2) is 30.5 Å². The fourth-order valence-electron chi connectivity index (χ4n) is 2.15. The largest absolute Gasteiger partial charge is 0.361 e. The zero-order valence-electron chi connectivity index (χ0n) is 11.9. The van der Waals surface area contributed by atoms with Gasteiger partial charge in [-0.25, -0.2) is 0 Å². The van der Waals surface area contributed by atoms with Gasteiger partial charge in [-0.2, -0.15) is 0 Å². The van der Waals surface area contributed by atoms with E-state index in [4.69, 9.17) is 0 Å². The van der Waals surface area contributed by atoms with Crippen LogP contribution in [-0.4, -0.2) is 23.2 Å². The van der Waals surface area contributed by atoms with Crippen LogP contribution in [0, 0.1) is 5.92 Å². The van der Waals surface area contributed by atoms with Crippen LogP contribution in [0.4, 0.5) is 0 Å². The van der Waals surface area contributed by atoms with Gasteiger partial charge in [0.05, 0.1) is 0 Å². The molecule has 0 unspecified atom stereocenters. The first-order chi connectivity index (χ1) is 9.63. The first kappa shape index (κ1) is 14.3. The van der Waals surface area contributed by atoms with Gasteiger partial charge in [-0.1, -0.05) is 32.0 Å². The molecular weight excluding hydrogens is 252 g/mol. The highest BCUT2D eigenvalue weighted by atomic mass is 16.2. The van der Waals surface area contributed by atoms with Crippen LogP contribution < -0.4 is 5.32 Å². The van der Waals surface area contributed by atoms with Crippen molar-refractivity contribution in [2.24, 2.45) is 5.92 Å². The number of hydrogen-bond acceptors (Lipinski definition) is 2. The Hall–Kier alpha value is -2.10. The fourth-order valence-corrected chi connectivity index (χ4v) is 2.15. The number of benzene rings is 1. The van der Waals surface area contributed by atoms with E-state index in [0.29, 0.717) is 19.4 Å². The van der Waals surface area contributed by atoms with Crippen molar-refractivity contribution >= 4 is 22.6 Å². The Morgan fingerprint density at radius 3 is 2.80 bits per heavy atom. The maximum absolute atomic E-state index is 11.7. The molecule has 0 saturated heterocycles. The molecular formula is C16H20N2O2. The molecule has 2 rings (SSSR count). The number of amides is 1. The van der Waals surface area contributed by atoms with Gasteiger partial charge in [0.15, 0.2) is 0 Å². The highest BCUT2D eigenvalue weighted by Gasteiger charge is 2.19. The molecule has 1 aromatic heterocycles. The molecule has 0 aliphatic rings. The van der Waals surface area contributed by atoms with Crippen LogP contribution in [-0.2, 0) is 16.0 Å². The Kier molecular flexibility index (Phi) is 4.56. The van der Waals surface area contributed by atoms with Gasteiger partial charge in [0.1, 0.15) is 0 Å². The summed E-state index contributed by atoms with van der Waals surface area (Å²) in [6, 6.07) is 8.04. The minimum atomic E-state index is -0.473. The molecule has 20 heavy (non-hydrogen) atoms. The van der Waals surface area contributed by atoms with E-state index in [1.54, 1.807) is 6.92 Å². The van der Waals surface area contributed by atoms with Crippen molar-refractivity contribution in [2.45, 2.75) is 26.7 Å². The molecule has 1 amide bonds. The summed E-state index contributed by atoms with van der Waals surface area (Å²) in [5.74, 6) is -1.01. The SMILES string of the molecule is CC[C@H](C)C(=O)C(=O)NCCc1c[nH]c2ccccc12. The minimum absolute atomic E-state index is 0.205. The molecule has 2 N–H and O–H groups in total. The predicted molar refractivity (Wildman–Crippen MR) is 79.5 cm³/mol. The van der Waals surface area contributed by atoms with Crippen molar-refractivity contribution in [1.82, 2.24) is 10.3 Å². The number of aromatic nitrogens is 1. The monoisotopic (exact) mass is 272 g/mol. The van der Waals surface area contributed by atoms with Crippen molar-refractivity contribution in [2.75, 3.05) is 6.54 Å². The van der Waals surface area contributed by atoms with Gasteiger partial charge in [0.25, 0.3) is 5.91 Å². The second kappa shape index (κ2) is 6.37. The standard InChI is InChI=1S/C16H20N2O2/c1-3-11(2)15(19)16(20)17-9-8-12-10-18-14-7-5-4-6-13(12)14/h4-7,10-11,18H,3,8-9H2,1-2H3,(H,17,20)/t11-/m0/s1. The number of nitrogens with one attached hydrogen (secondary N) is 2. The number of hydrogen-bond donors (Lipinski definition) is 2. The molecule has 1 aromatic carbocycles. The first-order valence-corrected chi connectivity index (χ1v) is 7.00. The van der Waals surface area contributed by atoms with Crippen molar-refractivity contribution in [3.8, 4) is 0 Å². The average Bonchev–Trinajstić information content (AvgIpc) is 2.89. The second-order valence-electron chi connectivity index (χ2n) is 5.04. The number of rotatable bonds is 6. The van der Waals surface area contributed by atoms with E-state index in [0.717, 1.165) is 16.5 Å². The summed E-state index contributed by atoms with van der Waals surface area (Å²) in [5.41, 5.74) is 2.24. The number of ketones is 1. The molecule has 0 fully saturated rings. The number of Topliss-reactive ketones (excluding diaryl/α,β-unsaturated/α-hetero) is 1. The second-order valence-corrected chi connectivity index (χ2v) is 5.04. The smallest absolute Gasteiger partial charge is 0.287 e. The molecule has 1 atom stereocenters. The molecule has 0 aliphatic carbocycles. The number of aromatic amines is 1. The van der Waals surface area contributed by atoms with Gasteiger partial charge in [0, 0.05) is 29.6 Å². The zero-order chi connectivity index (χ0) is 14.5. The van der Waals surface area contributed by atoms with Crippen molar-refractivity contribution in [1.29, 1.82) is 0 Å². The van der Waals surface area contributed by atoms with Crippen LogP contribution in [0.25, 0.3) is 10.9 Å². The lowest BCUT2D eigenvalue weighted by atomic mass is 10.0. The maximum atomic E-state index is 11.7. The van der Waals surface area contributed by atoms with Crippen LogP contribution >= 0.6 is 0 Å². The quantitative estimate of drug-likeness (QED) is 0.793.